The van der Waals surface area contributed by atoms with Gasteiger partial charge in [0.1, 0.15) is 0 Å². The van der Waals surface area contributed by atoms with Gasteiger partial charge >= 0.3 is 5.97 Å². The second-order valence-electron chi connectivity index (χ2n) is 8.48. The van der Waals surface area contributed by atoms with Crippen molar-refractivity contribution in [3.05, 3.63) is 35.5 Å². The minimum Gasteiger partial charge on any atom is -0.466 e. The molecule has 0 amide bonds. The predicted octanol–water partition coefficient (Wildman–Crippen LogP) is 3.55. The van der Waals surface area contributed by atoms with Crippen molar-refractivity contribution in [3.63, 3.8) is 0 Å². The van der Waals surface area contributed by atoms with Crippen LogP contribution in [0.25, 0.3) is 10.9 Å². The Bertz CT molecular complexity index is 914. The van der Waals surface area contributed by atoms with Crippen LogP contribution in [-0.2, 0) is 23.0 Å². The molecule has 3 atom stereocenters. The smallest absolute Gasteiger partial charge is 0.311 e. The van der Waals surface area contributed by atoms with Gasteiger partial charge in [-0.2, -0.15) is 0 Å². The summed E-state index contributed by atoms with van der Waals surface area (Å²) in [5.74, 6) is 0.895. The molecule has 28 heavy (non-hydrogen) atoms. The van der Waals surface area contributed by atoms with Crippen molar-refractivity contribution < 1.29 is 9.53 Å². The molecule has 4 rings (SSSR count). The molecule has 1 aliphatic heterocycles. The molecule has 150 valence electrons. The van der Waals surface area contributed by atoms with Crippen LogP contribution in [0.1, 0.15) is 43.7 Å². The fourth-order valence-electron chi connectivity index (χ4n) is 5.23. The molecule has 1 saturated heterocycles. The van der Waals surface area contributed by atoms with Gasteiger partial charge in [0.2, 0.25) is 0 Å². The number of fused-ring (bicyclic) bond motifs is 2. The summed E-state index contributed by atoms with van der Waals surface area (Å²) in [6.45, 7) is 6.05. The fourth-order valence-corrected chi connectivity index (χ4v) is 5.23. The number of carbonyl (C=O) groups is 1. The van der Waals surface area contributed by atoms with E-state index in [-0.39, 0.29) is 5.97 Å². The molecule has 0 spiro atoms. The van der Waals surface area contributed by atoms with Crippen molar-refractivity contribution in [2.24, 2.45) is 18.0 Å². The Morgan fingerprint density at radius 1 is 1.32 bits per heavy atom. The molecule has 5 heteroatoms. The molecule has 0 saturated carbocycles. The Balaban J connectivity index is 1.52. The van der Waals surface area contributed by atoms with Crippen LogP contribution in [0.2, 0.25) is 0 Å². The van der Waals surface area contributed by atoms with Gasteiger partial charge in [-0.15, -0.1) is 0 Å². The van der Waals surface area contributed by atoms with E-state index in [1.54, 1.807) is 0 Å². The first-order valence-electron chi connectivity index (χ1n) is 10.4. The summed E-state index contributed by atoms with van der Waals surface area (Å²) in [5.41, 5.74) is 5.22. The maximum absolute atomic E-state index is 11.7. The van der Waals surface area contributed by atoms with E-state index in [4.69, 9.17) is 9.73 Å². The van der Waals surface area contributed by atoms with Gasteiger partial charge in [-0.1, -0.05) is 12.1 Å². The maximum Gasteiger partial charge on any atom is 0.311 e. The van der Waals surface area contributed by atoms with E-state index in [1.807, 2.05) is 13.8 Å². The molecule has 2 aromatic rings. The van der Waals surface area contributed by atoms with Crippen LogP contribution in [0.3, 0.4) is 0 Å². The van der Waals surface area contributed by atoms with E-state index in [0.717, 1.165) is 25.2 Å². The zero-order valence-electron chi connectivity index (χ0n) is 17.4. The summed E-state index contributed by atoms with van der Waals surface area (Å²) in [5, 5.41) is 1.47. The van der Waals surface area contributed by atoms with Gasteiger partial charge in [-0.05, 0) is 56.8 Å². The monoisotopic (exact) mass is 381 g/mol. The van der Waals surface area contributed by atoms with Crippen molar-refractivity contribution >= 4 is 22.6 Å². The van der Waals surface area contributed by atoms with Crippen molar-refractivity contribution in [2.45, 2.75) is 45.1 Å². The lowest BCUT2D eigenvalue weighted by molar-refractivity contribution is -0.141. The van der Waals surface area contributed by atoms with Crippen LogP contribution in [0.4, 0.5) is 0 Å². The first kappa shape index (κ1) is 19.2. The average Bonchev–Trinajstić information content (AvgIpc) is 2.98. The Kier molecular flexibility index (Phi) is 5.28. The summed E-state index contributed by atoms with van der Waals surface area (Å²) in [7, 11) is 4.41. The topological polar surface area (TPSA) is 46.8 Å². The second-order valence-corrected chi connectivity index (χ2v) is 8.48. The van der Waals surface area contributed by atoms with E-state index in [2.05, 4.69) is 48.0 Å². The number of likely N-dealkylation sites (tertiary alicyclic amines) is 1. The minimum absolute atomic E-state index is 0.180. The number of carbonyl (C=O) groups excluding carboxylic acids is 1. The molecule has 2 heterocycles. The molecule has 0 radical (unpaired) electrons. The normalized spacial score (nSPS) is 25.0. The number of nitrogens with zero attached hydrogens (tertiary/aromatic N) is 3. The van der Waals surface area contributed by atoms with Crippen molar-refractivity contribution in [3.8, 4) is 0 Å². The zero-order chi connectivity index (χ0) is 19.8. The zero-order valence-corrected chi connectivity index (χ0v) is 17.4. The standard InChI is InChI=1S/C23H31N3O2/c1-5-28-22(27)9-15(2)24-12-16-10-19-18-7-6-8-20-23(18)17(14-26(20)4)11-21(19)25(3)13-16/h6-8,14,16,19,21H,5,9-13H2,1-4H3/t16?,19?,21-/m1/s1. The molecule has 1 fully saturated rings. The van der Waals surface area contributed by atoms with E-state index >= 15 is 0 Å². The number of aromatic nitrogens is 1. The molecule has 2 aliphatic rings. The summed E-state index contributed by atoms with van der Waals surface area (Å²) < 4.78 is 7.30. The van der Waals surface area contributed by atoms with Crippen LogP contribution in [0, 0.1) is 5.92 Å². The summed E-state index contributed by atoms with van der Waals surface area (Å²) >= 11 is 0. The summed E-state index contributed by atoms with van der Waals surface area (Å²) in [4.78, 5) is 18.9. The number of likely N-dealkylation sites (N-methyl/N-ethyl adjacent to an activating group) is 1. The molecule has 0 bridgehead atoms. The fraction of sp³-hybridized carbons (Fsp3) is 0.565. The van der Waals surface area contributed by atoms with Crippen LogP contribution in [-0.4, -0.2) is 53.9 Å². The number of aliphatic imine (C=N–C) groups is 1. The van der Waals surface area contributed by atoms with Crippen LogP contribution in [0.5, 0.6) is 0 Å². The van der Waals surface area contributed by atoms with E-state index < -0.39 is 0 Å². The highest BCUT2D eigenvalue weighted by Crippen LogP contribution is 2.44. The largest absolute Gasteiger partial charge is 0.466 e. The van der Waals surface area contributed by atoms with Crippen LogP contribution < -0.4 is 0 Å². The number of hydrogen-bond donors (Lipinski definition) is 0. The number of esters is 1. The highest BCUT2D eigenvalue weighted by atomic mass is 16.5. The SMILES string of the molecule is CCOC(=O)CC(C)=NCC1CC2c3cccc4c3c(cn4C)C[C@H]2N(C)C1. The van der Waals surface area contributed by atoms with Crippen LogP contribution >= 0.6 is 0 Å². The number of benzene rings is 1. The van der Waals surface area contributed by atoms with Crippen molar-refractivity contribution in [1.82, 2.24) is 9.47 Å². The minimum atomic E-state index is -0.180. The molecule has 1 aromatic carbocycles. The molecule has 1 aliphatic carbocycles. The highest BCUT2D eigenvalue weighted by Gasteiger charge is 2.39. The third-order valence-corrected chi connectivity index (χ3v) is 6.44. The first-order valence-corrected chi connectivity index (χ1v) is 10.4. The average molecular weight is 382 g/mol. The Hall–Kier alpha value is -2.14. The quantitative estimate of drug-likeness (QED) is 0.588. The van der Waals surface area contributed by atoms with Gasteiger partial charge in [-0.25, -0.2) is 0 Å². The second kappa shape index (κ2) is 7.70. The van der Waals surface area contributed by atoms with E-state index in [9.17, 15) is 4.79 Å². The lowest BCUT2D eigenvalue weighted by atomic mass is 9.72. The summed E-state index contributed by atoms with van der Waals surface area (Å²) in [6, 6.07) is 7.33. The first-order chi connectivity index (χ1) is 13.5. The number of aryl methyl sites for hydroxylation is 1. The van der Waals surface area contributed by atoms with Gasteiger partial charge < -0.3 is 14.2 Å². The Morgan fingerprint density at radius 3 is 2.93 bits per heavy atom. The summed E-state index contributed by atoms with van der Waals surface area (Å²) in [6.07, 6.45) is 4.91. The van der Waals surface area contributed by atoms with E-state index in [0.29, 0.717) is 30.9 Å². The molecule has 1 aromatic heterocycles. The number of hydrogen-bond acceptors (Lipinski definition) is 4. The molecular formula is C23H31N3O2. The maximum atomic E-state index is 11.7. The molecule has 0 N–H and O–H groups in total. The van der Waals surface area contributed by atoms with Gasteiger partial charge in [0.05, 0.1) is 13.0 Å². The predicted molar refractivity (Wildman–Crippen MR) is 113 cm³/mol. The molecule has 2 unspecified atom stereocenters. The number of rotatable bonds is 5. The highest BCUT2D eigenvalue weighted by molar-refractivity contribution is 5.97. The van der Waals surface area contributed by atoms with Gasteiger partial charge in [0.25, 0.3) is 0 Å². The van der Waals surface area contributed by atoms with E-state index in [1.165, 1.54) is 28.5 Å². The number of ether oxygens (including phenoxy) is 1. The lowest BCUT2D eigenvalue weighted by Crippen LogP contribution is -2.48. The third kappa shape index (κ3) is 3.48. The number of piperidine rings is 1. The van der Waals surface area contributed by atoms with Crippen molar-refractivity contribution in [1.29, 1.82) is 0 Å². The van der Waals surface area contributed by atoms with Gasteiger partial charge in [-0.3, -0.25) is 9.79 Å². The van der Waals surface area contributed by atoms with Gasteiger partial charge in [0.15, 0.2) is 0 Å². The Morgan fingerprint density at radius 2 is 2.14 bits per heavy atom. The Labute approximate surface area is 167 Å². The van der Waals surface area contributed by atoms with Crippen molar-refractivity contribution in [2.75, 3.05) is 26.7 Å². The van der Waals surface area contributed by atoms with Gasteiger partial charge in [0, 0.05) is 54.9 Å². The lowest BCUT2D eigenvalue weighted by Gasteiger charge is -2.45. The molecule has 5 nitrogen and oxygen atoms in total. The molecular weight excluding hydrogens is 350 g/mol. The third-order valence-electron chi connectivity index (χ3n) is 6.44. The van der Waals surface area contributed by atoms with Crippen LogP contribution in [0.15, 0.2) is 29.4 Å².